The van der Waals surface area contributed by atoms with E-state index < -0.39 is 22.5 Å². The van der Waals surface area contributed by atoms with E-state index in [2.05, 4.69) is 10.1 Å². The molecule has 0 aromatic heterocycles. The number of nitrogens with zero attached hydrogens (tertiary/aromatic N) is 1. The smallest absolute Gasteiger partial charge is 0.387 e. The van der Waals surface area contributed by atoms with Crippen molar-refractivity contribution in [3.63, 3.8) is 0 Å². The minimum Gasteiger partial charge on any atom is -0.489 e. The number of halogens is 2. The van der Waals surface area contributed by atoms with Gasteiger partial charge in [-0.05, 0) is 56.3 Å². The van der Waals surface area contributed by atoms with Crippen LogP contribution in [0.4, 0.5) is 14.5 Å². The Balaban J connectivity index is 1.87. The fourth-order valence-corrected chi connectivity index (χ4v) is 4.48. The molecule has 1 aliphatic rings. The van der Waals surface area contributed by atoms with E-state index in [1.807, 2.05) is 0 Å². The molecule has 3 rings (SSSR count). The van der Waals surface area contributed by atoms with Gasteiger partial charge in [0.15, 0.2) is 0 Å². The molecule has 0 unspecified atom stereocenters. The summed E-state index contributed by atoms with van der Waals surface area (Å²) in [4.78, 5) is 12.7. The molecule has 1 saturated heterocycles. The molecule has 0 atom stereocenters. The van der Waals surface area contributed by atoms with Crippen molar-refractivity contribution in [2.24, 2.45) is 0 Å². The molecule has 0 saturated carbocycles. The Bertz CT molecular complexity index is 1040. The van der Waals surface area contributed by atoms with E-state index in [1.165, 1.54) is 46.8 Å². The summed E-state index contributed by atoms with van der Waals surface area (Å²) >= 11 is 0. The fraction of sp³-hybridized carbons (Fsp3) is 0.381. The van der Waals surface area contributed by atoms with Crippen LogP contribution in [-0.2, 0) is 14.8 Å². The van der Waals surface area contributed by atoms with Gasteiger partial charge >= 0.3 is 6.61 Å². The van der Waals surface area contributed by atoms with Crippen LogP contribution in [0.1, 0.15) is 24.2 Å². The maximum Gasteiger partial charge on any atom is 0.387 e. The molecule has 0 aliphatic carbocycles. The first kappa shape index (κ1) is 23.9. The summed E-state index contributed by atoms with van der Waals surface area (Å²) < 4.78 is 67.1. The second kappa shape index (κ2) is 10.2. The summed E-state index contributed by atoms with van der Waals surface area (Å²) in [5.41, 5.74) is 0.342. The summed E-state index contributed by atoms with van der Waals surface area (Å²) in [5, 5.41) is 2.65. The van der Waals surface area contributed by atoms with Crippen LogP contribution < -0.4 is 14.8 Å². The molecule has 11 heteroatoms. The Morgan fingerprint density at radius 2 is 1.72 bits per heavy atom. The highest BCUT2D eigenvalue weighted by Crippen LogP contribution is 2.31. The lowest BCUT2D eigenvalue weighted by Gasteiger charge is -2.26. The van der Waals surface area contributed by atoms with E-state index in [4.69, 9.17) is 9.47 Å². The fourth-order valence-electron chi connectivity index (χ4n) is 3.04. The number of rotatable bonds is 8. The number of hydrogen-bond acceptors (Lipinski definition) is 6. The minimum atomic E-state index is -3.79. The average molecular weight is 470 g/mol. The molecular formula is C21H24F2N2O6S. The van der Waals surface area contributed by atoms with Gasteiger partial charge in [0.1, 0.15) is 11.5 Å². The predicted molar refractivity (Wildman–Crippen MR) is 113 cm³/mol. The van der Waals surface area contributed by atoms with Crippen LogP contribution in [0.25, 0.3) is 0 Å². The predicted octanol–water partition coefficient (Wildman–Crippen LogP) is 3.35. The zero-order valence-corrected chi connectivity index (χ0v) is 18.4. The van der Waals surface area contributed by atoms with Crippen molar-refractivity contribution >= 4 is 21.6 Å². The molecule has 0 radical (unpaired) electrons. The summed E-state index contributed by atoms with van der Waals surface area (Å²) in [5.74, 6) is -0.353. The van der Waals surface area contributed by atoms with Gasteiger partial charge in [-0.15, -0.1) is 0 Å². The number of alkyl halides is 2. The van der Waals surface area contributed by atoms with Crippen LogP contribution in [0.5, 0.6) is 11.5 Å². The maximum absolute atomic E-state index is 13.0. The Hall–Kier alpha value is -2.76. The topological polar surface area (TPSA) is 94.2 Å². The molecule has 0 bridgehead atoms. The largest absolute Gasteiger partial charge is 0.489 e. The number of carbonyl (C=O) groups is 1. The van der Waals surface area contributed by atoms with E-state index >= 15 is 0 Å². The summed E-state index contributed by atoms with van der Waals surface area (Å²) in [6.07, 6.45) is -0.224. The van der Waals surface area contributed by atoms with E-state index in [0.717, 1.165) is 0 Å². The average Bonchev–Trinajstić information content (AvgIpc) is 2.75. The van der Waals surface area contributed by atoms with Gasteiger partial charge in [0, 0.05) is 18.7 Å². The molecule has 1 amide bonds. The molecule has 1 aliphatic heterocycles. The third-order valence-corrected chi connectivity index (χ3v) is 6.41. The lowest BCUT2D eigenvalue weighted by Crippen LogP contribution is -2.40. The number of amides is 1. The molecule has 2 aromatic rings. The number of morpholine rings is 1. The van der Waals surface area contributed by atoms with Crippen molar-refractivity contribution < 1.29 is 36.2 Å². The molecule has 32 heavy (non-hydrogen) atoms. The first-order chi connectivity index (χ1) is 15.2. The molecule has 8 nitrogen and oxygen atoms in total. The van der Waals surface area contributed by atoms with E-state index in [-0.39, 0.29) is 41.1 Å². The van der Waals surface area contributed by atoms with Crippen molar-refractivity contribution in [1.29, 1.82) is 0 Å². The number of carbonyl (C=O) groups excluding carboxylic acids is 1. The highest BCUT2D eigenvalue weighted by atomic mass is 32.2. The van der Waals surface area contributed by atoms with Gasteiger partial charge in [-0.25, -0.2) is 8.42 Å². The van der Waals surface area contributed by atoms with Crippen molar-refractivity contribution in [1.82, 2.24) is 4.31 Å². The number of benzene rings is 2. The Labute approximate surface area is 185 Å². The highest BCUT2D eigenvalue weighted by Gasteiger charge is 2.27. The molecule has 0 spiro atoms. The summed E-state index contributed by atoms with van der Waals surface area (Å²) in [6, 6.07) is 9.39. The van der Waals surface area contributed by atoms with Gasteiger partial charge in [0.25, 0.3) is 5.91 Å². The third kappa shape index (κ3) is 5.93. The van der Waals surface area contributed by atoms with Crippen LogP contribution in [0.15, 0.2) is 47.4 Å². The second-order valence-electron chi connectivity index (χ2n) is 7.20. The van der Waals surface area contributed by atoms with Crippen molar-refractivity contribution in [3.8, 4) is 11.5 Å². The second-order valence-corrected chi connectivity index (χ2v) is 9.14. The first-order valence-corrected chi connectivity index (χ1v) is 11.4. The van der Waals surface area contributed by atoms with Crippen molar-refractivity contribution in [3.05, 3.63) is 48.0 Å². The number of hydrogen-bond donors (Lipinski definition) is 1. The maximum atomic E-state index is 13.0. The lowest BCUT2D eigenvalue weighted by molar-refractivity contribution is -0.0498. The monoisotopic (exact) mass is 470 g/mol. The number of sulfonamides is 1. The van der Waals surface area contributed by atoms with Crippen LogP contribution in [-0.4, -0.2) is 57.6 Å². The van der Waals surface area contributed by atoms with Crippen LogP contribution >= 0.6 is 0 Å². The minimum absolute atomic E-state index is 0.00601. The Kier molecular flexibility index (Phi) is 7.64. The molecule has 1 N–H and O–H groups in total. The standard InChI is InChI=1S/C21H24F2N2O6S/c1-14(2)30-19-8-7-17(32(27,28)25-9-11-29-12-10-25)13-18(19)24-20(26)15-3-5-16(6-4-15)31-21(22)23/h3-8,13-14,21H,9-12H2,1-2H3,(H,24,26). The normalized spacial score (nSPS) is 15.1. The number of nitrogens with one attached hydrogen (secondary N) is 1. The lowest BCUT2D eigenvalue weighted by atomic mass is 10.2. The van der Waals surface area contributed by atoms with Crippen LogP contribution in [0.3, 0.4) is 0 Å². The van der Waals surface area contributed by atoms with Crippen LogP contribution in [0, 0.1) is 0 Å². The third-order valence-electron chi connectivity index (χ3n) is 4.51. The van der Waals surface area contributed by atoms with Gasteiger partial charge in [0.05, 0.1) is 29.9 Å². The first-order valence-electron chi connectivity index (χ1n) is 9.91. The van der Waals surface area contributed by atoms with Crippen molar-refractivity contribution in [2.75, 3.05) is 31.6 Å². The molecule has 2 aromatic carbocycles. The van der Waals surface area contributed by atoms with E-state index in [0.29, 0.717) is 19.0 Å². The van der Waals surface area contributed by atoms with Gasteiger partial charge in [-0.2, -0.15) is 13.1 Å². The zero-order valence-electron chi connectivity index (χ0n) is 17.6. The van der Waals surface area contributed by atoms with Crippen molar-refractivity contribution in [2.45, 2.75) is 31.5 Å². The number of anilines is 1. The molecular weight excluding hydrogens is 446 g/mol. The van der Waals surface area contributed by atoms with E-state index in [9.17, 15) is 22.0 Å². The summed E-state index contributed by atoms with van der Waals surface area (Å²) in [6.45, 7) is 1.72. The zero-order chi connectivity index (χ0) is 23.3. The van der Waals surface area contributed by atoms with Crippen LogP contribution in [0.2, 0.25) is 0 Å². The summed E-state index contributed by atoms with van der Waals surface area (Å²) in [7, 11) is -3.79. The molecule has 1 heterocycles. The number of ether oxygens (including phenoxy) is 3. The highest BCUT2D eigenvalue weighted by molar-refractivity contribution is 7.89. The van der Waals surface area contributed by atoms with Gasteiger partial charge in [-0.3, -0.25) is 4.79 Å². The quantitative estimate of drug-likeness (QED) is 0.636. The van der Waals surface area contributed by atoms with Gasteiger partial charge in [0.2, 0.25) is 10.0 Å². The Morgan fingerprint density at radius 3 is 2.31 bits per heavy atom. The van der Waals surface area contributed by atoms with E-state index in [1.54, 1.807) is 13.8 Å². The molecule has 174 valence electrons. The van der Waals surface area contributed by atoms with Gasteiger partial charge in [-0.1, -0.05) is 0 Å². The Morgan fingerprint density at radius 1 is 1.06 bits per heavy atom. The van der Waals surface area contributed by atoms with Gasteiger partial charge < -0.3 is 19.5 Å². The molecule has 1 fully saturated rings. The SMILES string of the molecule is CC(C)Oc1ccc(S(=O)(=O)N2CCOCC2)cc1NC(=O)c1ccc(OC(F)F)cc1.